The quantitative estimate of drug-likeness (QED) is 0.0325. The Morgan fingerprint density at radius 3 is 0.510 bits per heavy atom. The summed E-state index contributed by atoms with van der Waals surface area (Å²) in [6.07, 6.45) is 67.8. The number of unbranched alkanes of at least 4 members (excludes halogenated alkanes) is 39. The third kappa shape index (κ3) is 40.6. The van der Waals surface area contributed by atoms with Gasteiger partial charge < -0.3 is 0 Å². The lowest BCUT2D eigenvalue weighted by Crippen LogP contribution is -2.22. The predicted molar refractivity (Wildman–Crippen MR) is 250 cm³/mol. The predicted octanol–water partition coefficient (Wildman–Crippen LogP) is 20.4. The zero-order valence-corrected chi connectivity index (χ0v) is 39.4. The smallest absolute Gasteiger partial charge is 0.00315 e. The van der Waals surface area contributed by atoms with E-state index >= 15 is 0 Å². The lowest BCUT2D eigenvalue weighted by Gasteiger charge is -2.32. The first-order chi connectivity index (χ1) is 25.2. The molecule has 0 aliphatic carbocycles. The maximum Gasteiger partial charge on any atom is -0.00315 e. The molecule has 0 aromatic rings. The molecular weight excluding hydrogens is 746 g/mol. The number of halogens is 1. The van der Waals surface area contributed by atoms with Crippen LogP contribution in [0.4, 0.5) is 0 Å². The van der Waals surface area contributed by atoms with Gasteiger partial charge in [0.2, 0.25) is 0 Å². The molecule has 0 bridgehead atoms. The Labute approximate surface area is 341 Å². The van der Waals surface area contributed by atoms with Crippen molar-refractivity contribution in [3.05, 3.63) is 0 Å². The summed E-state index contributed by atoms with van der Waals surface area (Å²) >= 11 is 2.83. The van der Waals surface area contributed by atoms with Crippen LogP contribution in [0.25, 0.3) is 0 Å². The van der Waals surface area contributed by atoms with Gasteiger partial charge in [0.05, 0.1) is 0 Å². The fourth-order valence-electron chi connectivity index (χ4n) is 8.49. The molecule has 2 heteroatoms. The highest BCUT2D eigenvalue weighted by Gasteiger charge is 2.27. The standard InChI is InChI=1S/C49H100IP/c1-4-7-10-13-16-19-22-25-28-31-34-37-40-43-46-49(51-50,47-44-41-38-35-32-29-26-23-20-17-14-11-8-5-2)48-45-42-39-36-33-30-27-24-21-18-15-12-9-6-3/h51H,4-48H2,1-3H3. The summed E-state index contributed by atoms with van der Waals surface area (Å²) in [6.45, 7) is 6.97. The molecular formula is C49H100IP. The average Bonchev–Trinajstić information content (AvgIpc) is 3.14. The second-order valence-electron chi connectivity index (χ2n) is 17.4. The Morgan fingerprint density at radius 1 is 0.235 bits per heavy atom. The van der Waals surface area contributed by atoms with Crippen molar-refractivity contribution in [1.29, 1.82) is 0 Å². The molecule has 0 saturated carbocycles. The highest BCUT2D eigenvalue weighted by atomic mass is 127. The Bertz CT molecular complexity index is 526. The highest BCUT2D eigenvalue weighted by molar-refractivity contribution is 14.2. The van der Waals surface area contributed by atoms with Crippen molar-refractivity contribution in [3.8, 4) is 0 Å². The van der Waals surface area contributed by atoms with Gasteiger partial charge >= 0.3 is 0 Å². The van der Waals surface area contributed by atoms with E-state index < -0.39 is 0 Å². The third-order valence-corrected chi connectivity index (χ3v) is 16.8. The molecule has 0 rings (SSSR count). The second kappa shape index (κ2) is 45.5. The van der Waals surface area contributed by atoms with E-state index in [9.17, 15) is 0 Å². The van der Waals surface area contributed by atoms with Crippen molar-refractivity contribution in [2.45, 2.75) is 315 Å². The Hall–Kier alpha value is 1.16. The van der Waals surface area contributed by atoms with Crippen LogP contribution in [0.15, 0.2) is 0 Å². The van der Waals surface area contributed by atoms with Gasteiger partial charge in [-0.3, -0.25) is 0 Å². The number of rotatable bonds is 46. The molecule has 51 heavy (non-hydrogen) atoms. The summed E-state index contributed by atoms with van der Waals surface area (Å²) < 4.78 is 0. The fraction of sp³-hybridized carbons (Fsp3) is 1.00. The van der Waals surface area contributed by atoms with Gasteiger partial charge in [-0.1, -0.05) is 312 Å². The first kappa shape index (κ1) is 52.2. The van der Waals surface area contributed by atoms with Crippen LogP contribution in [0.1, 0.15) is 310 Å². The molecule has 0 aliphatic heterocycles. The van der Waals surface area contributed by atoms with Crippen molar-refractivity contribution >= 4 is 28.3 Å². The van der Waals surface area contributed by atoms with Crippen LogP contribution >= 0.6 is 28.3 Å². The van der Waals surface area contributed by atoms with E-state index in [-0.39, 0.29) is 0 Å². The molecule has 0 radical (unpaired) electrons. The van der Waals surface area contributed by atoms with Gasteiger partial charge in [-0.2, -0.15) is 0 Å². The third-order valence-electron chi connectivity index (χ3n) is 12.2. The van der Waals surface area contributed by atoms with Crippen LogP contribution in [0, 0.1) is 0 Å². The molecule has 0 fully saturated rings. The Kier molecular flexibility index (Phi) is 46.6. The molecule has 0 nitrogen and oxygen atoms in total. The largest absolute Gasteiger partial charge is 0.0654 e. The van der Waals surface area contributed by atoms with Gasteiger partial charge in [-0.25, -0.2) is 0 Å². The normalized spacial score (nSPS) is 12.2. The van der Waals surface area contributed by atoms with Crippen LogP contribution in [0.3, 0.4) is 0 Å². The lowest BCUT2D eigenvalue weighted by molar-refractivity contribution is 0.400. The zero-order valence-electron chi connectivity index (χ0n) is 36.2. The average molecular weight is 847 g/mol. The van der Waals surface area contributed by atoms with Crippen LogP contribution in [-0.2, 0) is 0 Å². The molecule has 0 aromatic heterocycles. The molecule has 0 N–H and O–H groups in total. The minimum Gasteiger partial charge on any atom is -0.0654 e. The van der Waals surface area contributed by atoms with E-state index in [1.807, 2.05) is 0 Å². The van der Waals surface area contributed by atoms with Crippen LogP contribution < -0.4 is 0 Å². The second-order valence-corrected chi connectivity index (χ2v) is 20.3. The van der Waals surface area contributed by atoms with E-state index in [4.69, 9.17) is 0 Å². The summed E-state index contributed by atoms with van der Waals surface area (Å²) in [5.41, 5.74) is 0. The molecule has 1 unspecified atom stereocenters. The van der Waals surface area contributed by atoms with E-state index in [2.05, 4.69) is 42.8 Å². The monoisotopic (exact) mass is 847 g/mol. The summed E-state index contributed by atoms with van der Waals surface area (Å²) in [5, 5.41) is 0.673. The molecule has 0 aromatic carbocycles. The van der Waals surface area contributed by atoms with Crippen molar-refractivity contribution in [3.63, 3.8) is 0 Å². The SMILES string of the molecule is CCCCCCCCCCCCCCCCC(CCCCCCCCCCCCCCCC)(CCCCCCCCCCCCCCCC)PI. The van der Waals surface area contributed by atoms with E-state index in [1.54, 1.807) is 0 Å². The first-order valence-corrected chi connectivity index (χ1v) is 28.7. The molecule has 0 aliphatic rings. The van der Waals surface area contributed by atoms with Gasteiger partial charge in [0.15, 0.2) is 0 Å². The fourth-order valence-corrected chi connectivity index (χ4v) is 11.7. The van der Waals surface area contributed by atoms with Crippen molar-refractivity contribution in [1.82, 2.24) is 0 Å². The summed E-state index contributed by atoms with van der Waals surface area (Å²) in [7, 11) is 0. The molecule has 0 amide bonds. The van der Waals surface area contributed by atoms with E-state index in [0.29, 0.717) is 5.16 Å². The number of hydrogen-bond acceptors (Lipinski definition) is 0. The Balaban J connectivity index is 4.20. The zero-order chi connectivity index (χ0) is 37.0. The van der Waals surface area contributed by atoms with Crippen LogP contribution in [-0.4, -0.2) is 5.16 Å². The highest BCUT2D eigenvalue weighted by Crippen LogP contribution is 2.49. The van der Waals surface area contributed by atoms with Crippen molar-refractivity contribution < 1.29 is 0 Å². The lowest BCUT2D eigenvalue weighted by atomic mass is 9.88. The summed E-state index contributed by atoms with van der Waals surface area (Å²) in [6, 6.07) is 0. The van der Waals surface area contributed by atoms with Gasteiger partial charge in [0, 0.05) is 0 Å². The maximum absolute atomic E-state index is 2.83. The summed E-state index contributed by atoms with van der Waals surface area (Å²) in [4.78, 5) is 0. The number of hydrogen-bond donors (Lipinski definition) is 0. The minimum atomic E-state index is 0.673. The van der Waals surface area contributed by atoms with Crippen LogP contribution in [0.5, 0.6) is 0 Å². The van der Waals surface area contributed by atoms with Crippen molar-refractivity contribution in [2.75, 3.05) is 0 Å². The Morgan fingerprint density at radius 2 is 0.373 bits per heavy atom. The topological polar surface area (TPSA) is 0 Å². The van der Waals surface area contributed by atoms with Gasteiger partial charge in [-0.05, 0) is 30.6 Å². The molecule has 0 heterocycles. The van der Waals surface area contributed by atoms with E-state index in [1.165, 1.54) is 289 Å². The van der Waals surface area contributed by atoms with E-state index in [0.717, 1.165) is 6.22 Å². The van der Waals surface area contributed by atoms with Gasteiger partial charge in [0.25, 0.3) is 0 Å². The molecule has 0 saturated heterocycles. The first-order valence-electron chi connectivity index (χ1n) is 24.6. The van der Waals surface area contributed by atoms with Crippen molar-refractivity contribution in [2.24, 2.45) is 0 Å². The maximum atomic E-state index is 2.83. The van der Waals surface area contributed by atoms with Gasteiger partial charge in [-0.15, -0.1) is 0 Å². The molecule has 1 atom stereocenters. The summed E-state index contributed by atoms with van der Waals surface area (Å²) in [5.74, 6) is 0. The van der Waals surface area contributed by atoms with Gasteiger partial charge in [0.1, 0.15) is 0 Å². The molecule has 0 spiro atoms. The van der Waals surface area contributed by atoms with Crippen LogP contribution in [0.2, 0.25) is 0 Å². The molecule has 308 valence electrons. The minimum absolute atomic E-state index is 0.673.